The summed E-state index contributed by atoms with van der Waals surface area (Å²) in [5.41, 5.74) is 1.92. The first kappa shape index (κ1) is 14.8. The molecule has 0 aromatic heterocycles. The molecule has 1 amide bonds. The fourth-order valence-electron chi connectivity index (χ4n) is 3.18. The van der Waals surface area contributed by atoms with Gasteiger partial charge in [-0.15, -0.1) is 0 Å². The average molecular weight is 301 g/mol. The predicted molar refractivity (Wildman–Crippen MR) is 79.8 cm³/mol. The minimum Gasteiger partial charge on any atom is -0.469 e. The van der Waals surface area contributed by atoms with Crippen molar-refractivity contribution in [2.24, 2.45) is 5.92 Å². The summed E-state index contributed by atoms with van der Waals surface area (Å²) in [5, 5.41) is 0. The van der Waals surface area contributed by atoms with E-state index in [1.165, 1.54) is 7.11 Å². The van der Waals surface area contributed by atoms with E-state index < -0.39 is 6.10 Å². The molecule has 0 N–H and O–H groups in total. The number of β-lactam (4-membered cyclic amide) rings is 1. The van der Waals surface area contributed by atoms with Gasteiger partial charge in [-0.05, 0) is 5.56 Å². The van der Waals surface area contributed by atoms with Gasteiger partial charge in [0.15, 0.2) is 6.10 Å². The summed E-state index contributed by atoms with van der Waals surface area (Å²) in [4.78, 5) is 25.4. The number of esters is 1. The monoisotopic (exact) mass is 301 g/mol. The molecule has 3 atom stereocenters. The van der Waals surface area contributed by atoms with E-state index in [2.05, 4.69) is 6.58 Å². The van der Waals surface area contributed by atoms with Crippen molar-refractivity contribution in [3.63, 3.8) is 0 Å². The van der Waals surface area contributed by atoms with E-state index in [4.69, 9.17) is 9.47 Å². The lowest BCUT2D eigenvalue weighted by Crippen LogP contribution is -2.64. The highest BCUT2D eigenvalue weighted by Crippen LogP contribution is 2.41. The van der Waals surface area contributed by atoms with Crippen molar-refractivity contribution in [2.45, 2.75) is 25.2 Å². The quantitative estimate of drug-likeness (QED) is 0.470. The maximum absolute atomic E-state index is 12.2. The van der Waals surface area contributed by atoms with E-state index in [0.717, 1.165) is 11.1 Å². The summed E-state index contributed by atoms with van der Waals surface area (Å²) < 4.78 is 10.5. The lowest BCUT2D eigenvalue weighted by molar-refractivity contribution is -0.174. The van der Waals surface area contributed by atoms with Crippen molar-refractivity contribution in [1.82, 2.24) is 4.90 Å². The molecule has 2 heterocycles. The van der Waals surface area contributed by atoms with Crippen LogP contribution in [0.25, 0.3) is 0 Å². The number of amides is 1. The number of hydrogen-bond acceptors (Lipinski definition) is 4. The zero-order valence-corrected chi connectivity index (χ0v) is 12.5. The van der Waals surface area contributed by atoms with Crippen molar-refractivity contribution in [2.75, 3.05) is 13.7 Å². The van der Waals surface area contributed by atoms with Gasteiger partial charge in [-0.1, -0.05) is 42.5 Å². The summed E-state index contributed by atoms with van der Waals surface area (Å²) >= 11 is 0. The SMILES string of the molecule is C=C1CN2C(=O)[C@H](OCc3ccccc3)[C@@H]2[C@H]1CC(=O)OC. The van der Waals surface area contributed by atoms with Crippen molar-refractivity contribution >= 4 is 11.9 Å². The maximum Gasteiger partial charge on any atom is 0.306 e. The van der Waals surface area contributed by atoms with Crippen LogP contribution in [0.3, 0.4) is 0 Å². The second kappa shape index (κ2) is 5.93. The molecule has 2 saturated heterocycles. The van der Waals surface area contributed by atoms with Crippen LogP contribution in [0.15, 0.2) is 42.5 Å². The number of nitrogens with zero attached hydrogens (tertiary/aromatic N) is 1. The van der Waals surface area contributed by atoms with Gasteiger partial charge in [0, 0.05) is 12.5 Å². The Labute approximate surface area is 129 Å². The third-order valence-corrected chi connectivity index (χ3v) is 4.39. The largest absolute Gasteiger partial charge is 0.469 e. The number of benzene rings is 1. The molecular formula is C17H19NO4. The minimum atomic E-state index is -0.492. The van der Waals surface area contributed by atoms with E-state index in [0.29, 0.717) is 13.2 Å². The predicted octanol–water partition coefficient (Wildman–Crippen LogP) is 1.53. The first-order valence-corrected chi connectivity index (χ1v) is 7.32. The molecule has 0 bridgehead atoms. The van der Waals surface area contributed by atoms with E-state index >= 15 is 0 Å². The third-order valence-electron chi connectivity index (χ3n) is 4.39. The fraction of sp³-hybridized carbons (Fsp3) is 0.412. The molecule has 2 aliphatic rings. The number of methoxy groups -OCH3 is 1. The van der Waals surface area contributed by atoms with E-state index in [-0.39, 0.29) is 30.3 Å². The lowest BCUT2D eigenvalue weighted by Gasteiger charge is -2.43. The molecule has 0 saturated carbocycles. The Morgan fingerprint density at radius 2 is 2.09 bits per heavy atom. The number of ether oxygens (including phenoxy) is 2. The summed E-state index contributed by atoms with van der Waals surface area (Å²) in [5.74, 6) is -0.380. The summed E-state index contributed by atoms with van der Waals surface area (Å²) in [6.45, 7) is 4.89. The number of carbonyl (C=O) groups excluding carboxylic acids is 2. The van der Waals surface area contributed by atoms with Crippen LogP contribution in [-0.4, -0.2) is 42.6 Å². The standard InChI is InChI=1S/C17H19NO4/c1-11-9-18-15(13(11)8-14(19)21-2)16(17(18)20)22-10-12-6-4-3-5-7-12/h3-7,13,15-16H,1,8-10H2,2H3/t13-,15-,16+/m0/s1. The molecule has 3 rings (SSSR count). The van der Waals surface area contributed by atoms with Crippen LogP contribution in [0.2, 0.25) is 0 Å². The molecule has 1 aromatic rings. The van der Waals surface area contributed by atoms with Gasteiger partial charge >= 0.3 is 5.97 Å². The van der Waals surface area contributed by atoms with Gasteiger partial charge in [-0.3, -0.25) is 9.59 Å². The lowest BCUT2D eigenvalue weighted by atomic mass is 9.85. The number of rotatable bonds is 5. The molecule has 2 aliphatic heterocycles. The minimum absolute atomic E-state index is 0.0190. The van der Waals surface area contributed by atoms with E-state index in [9.17, 15) is 9.59 Å². The maximum atomic E-state index is 12.2. The zero-order valence-electron chi connectivity index (χ0n) is 12.5. The van der Waals surface area contributed by atoms with Gasteiger partial charge in [-0.2, -0.15) is 0 Å². The summed E-state index contributed by atoms with van der Waals surface area (Å²) in [6, 6.07) is 9.63. The Morgan fingerprint density at radius 3 is 2.77 bits per heavy atom. The average Bonchev–Trinajstić information content (AvgIpc) is 2.82. The third kappa shape index (κ3) is 2.52. The molecule has 0 unspecified atom stereocenters. The molecule has 5 nitrogen and oxygen atoms in total. The zero-order chi connectivity index (χ0) is 15.7. The highest BCUT2D eigenvalue weighted by molar-refractivity contribution is 5.90. The molecule has 1 aromatic carbocycles. The van der Waals surface area contributed by atoms with Crippen LogP contribution in [0.5, 0.6) is 0 Å². The molecule has 0 radical (unpaired) electrons. The van der Waals surface area contributed by atoms with Crippen molar-refractivity contribution in [1.29, 1.82) is 0 Å². The summed E-state index contributed by atoms with van der Waals surface area (Å²) in [7, 11) is 1.37. The van der Waals surface area contributed by atoms with Crippen LogP contribution in [0.1, 0.15) is 12.0 Å². The molecule has 2 fully saturated rings. The van der Waals surface area contributed by atoms with Crippen LogP contribution in [0, 0.1) is 5.92 Å². The van der Waals surface area contributed by atoms with Crippen LogP contribution in [-0.2, 0) is 25.7 Å². The Hall–Kier alpha value is -2.14. The second-order valence-electron chi connectivity index (χ2n) is 5.72. The topological polar surface area (TPSA) is 55.8 Å². The van der Waals surface area contributed by atoms with Crippen molar-refractivity contribution in [3.8, 4) is 0 Å². The summed E-state index contributed by atoms with van der Waals surface area (Å²) in [6.07, 6.45) is -0.247. The first-order valence-electron chi connectivity index (χ1n) is 7.32. The van der Waals surface area contributed by atoms with Gasteiger partial charge in [0.2, 0.25) is 0 Å². The molecule has 22 heavy (non-hydrogen) atoms. The smallest absolute Gasteiger partial charge is 0.306 e. The van der Waals surface area contributed by atoms with Gasteiger partial charge in [-0.25, -0.2) is 0 Å². The molecule has 0 aliphatic carbocycles. The highest BCUT2D eigenvalue weighted by Gasteiger charge is 2.57. The molecule has 5 heteroatoms. The first-order chi connectivity index (χ1) is 10.6. The van der Waals surface area contributed by atoms with Gasteiger partial charge in [0.05, 0.1) is 26.2 Å². The molecule has 0 spiro atoms. The van der Waals surface area contributed by atoms with Gasteiger partial charge in [0.25, 0.3) is 5.91 Å². The van der Waals surface area contributed by atoms with Crippen molar-refractivity contribution in [3.05, 3.63) is 48.0 Å². The Bertz CT molecular complexity index is 598. The fourth-order valence-corrected chi connectivity index (χ4v) is 3.18. The van der Waals surface area contributed by atoms with Crippen LogP contribution in [0.4, 0.5) is 0 Å². The molecular weight excluding hydrogens is 282 g/mol. The highest BCUT2D eigenvalue weighted by atomic mass is 16.5. The van der Waals surface area contributed by atoms with Gasteiger partial charge < -0.3 is 14.4 Å². The van der Waals surface area contributed by atoms with E-state index in [1.807, 2.05) is 30.3 Å². The number of carbonyl (C=O) groups is 2. The van der Waals surface area contributed by atoms with Gasteiger partial charge in [0.1, 0.15) is 0 Å². The normalized spacial score (nSPS) is 26.6. The van der Waals surface area contributed by atoms with Crippen LogP contribution >= 0.6 is 0 Å². The molecule has 116 valence electrons. The van der Waals surface area contributed by atoms with E-state index in [1.54, 1.807) is 4.90 Å². The number of fused-ring (bicyclic) bond motifs is 1. The Balaban J connectivity index is 1.66. The van der Waals surface area contributed by atoms with Crippen LogP contribution < -0.4 is 0 Å². The van der Waals surface area contributed by atoms with Crippen molar-refractivity contribution < 1.29 is 19.1 Å². The Morgan fingerprint density at radius 1 is 1.36 bits per heavy atom. The number of hydrogen-bond donors (Lipinski definition) is 0. The Kier molecular flexibility index (Phi) is 3.98. The second-order valence-corrected chi connectivity index (χ2v) is 5.72.